The number of aromatic amines is 1. The molecular weight excluding hydrogens is 725 g/mol. The number of nitrogens with two attached hydrogens (primary N) is 1. The molecule has 4 amide bonds. The standard InChI is InChI=1S/C43H46N8O6/c1-26(36-10-7-23-50(36)41(53)38(49-43(55)57-3)30-8-5-4-6-9-30)46-34-24-28(15-20-32(34)44)12-11-27-13-16-29(17-14-27)35-25-45-39(47-35)37-22-19-31-18-21-33(40(52)51(31)37)48-42(54)56-2/h4-6,8-9,13-17,20,24-25,31,33,36-38,46H,1,7,10,18-19,21-23,44H2,2-3H3,(H,45,47)(H,48,54)(H,49,55)/t31-,33-,36?,37-,38+/m0/s1. The molecule has 1 aromatic heterocycles. The van der Waals surface area contributed by atoms with E-state index in [9.17, 15) is 19.2 Å². The van der Waals surface area contributed by atoms with E-state index in [2.05, 4.69) is 44.3 Å². The predicted molar refractivity (Wildman–Crippen MR) is 214 cm³/mol. The third kappa shape index (κ3) is 8.42. The number of hydrogen-bond donors (Lipinski definition) is 5. The minimum absolute atomic E-state index is 0.107. The summed E-state index contributed by atoms with van der Waals surface area (Å²) in [7, 11) is 2.55. The molecule has 7 rings (SSSR count). The van der Waals surface area contributed by atoms with Gasteiger partial charge in [-0.15, -0.1) is 0 Å². The molecule has 3 aliphatic rings. The number of alkyl carbamates (subject to hydrolysis) is 2. The van der Waals surface area contributed by atoms with E-state index in [1.165, 1.54) is 14.2 Å². The Balaban J connectivity index is 0.998. The molecule has 0 saturated carbocycles. The second-order valence-corrected chi connectivity index (χ2v) is 14.4. The van der Waals surface area contributed by atoms with E-state index < -0.39 is 24.3 Å². The first kappa shape index (κ1) is 38.5. The van der Waals surface area contributed by atoms with Gasteiger partial charge in [0.1, 0.15) is 17.9 Å². The molecule has 3 fully saturated rings. The first-order valence-electron chi connectivity index (χ1n) is 19.0. The minimum Gasteiger partial charge on any atom is -0.453 e. The molecule has 6 N–H and O–H groups in total. The van der Waals surface area contributed by atoms with Crippen LogP contribution in [-0.2, 0) is 19.1 Å². The number of anilines is 2. The number of piperidine rings is 1. The lowest BCUT2D eigenvalue weighted by Gasteiger charge is -2.37. The van der Waals surface area contributed by atoms with Crippen LogP contribution in [-0.4, -0.2) is 82.7 Å². The van der Waals surface area contributed by atoms with Gasteiger partial charge < -0.3 is 45.9 Å². The van der Waals surface area contributed by atoms with Gasteiger partial charge in [-0.3, -0.25) is 9.59 Å². The van der Waals surface area contributed by atoms with Crippen molar-refractivity contribution in [3.63, 3.8) is 0 Å². The van der Waals surface area contributed by atoms with Crippen molar-refractivity contribution >= 4 is 35.4 Å². The number of nitrogens with zero attached hydrogens (tertiary/aromatic N) is 3. The monoisotopic (exact) mass is 770 g/mol. The summed E-state index contributed by atoms with van der Waals surface area (Å²) in [5.74, 6) is 6.81. The van der Waals surface area contributed by atoms with Crippen molar-refractivity contribution in [2.45, 2.75) is 68.7 Å². The maximum atomic E-state index is 13.9. The van der Waals surface area contributed by atoms with E-state index >= 15 is 0 Å². The summed E-state index contributed by atoms with van der Waals surface area (Å²) in [6.07, 6.45) is 5.03. The Morgan fingerprint density at radius 3 is 2.40 bits per heavy atom. The molecule has 0 radical (unpaired) electrons. The molecule has 0 aliphatic carbocycles. The summed E-state index contributed by atoms with van der Waals surface area (Å²) in [6.45, 7) is 4.79. The molecule has 3 aliphatic heterocycles. The van der Waals surface area contributed by atoms with Crippen LogP contribution in [0.5, 0.6) is 0 Å². The number of likely N-dealkylation sites (tertiary alicyclic amines) is 1. The number of nitrogen functional groups attached to an aromatic ring is 1. The highest BCUT2D eigenvalue weighted by Crippen LogP contribution is 2.40. The number of imidazole rings is 1. The third-order valence-electron chi connectivity index (χ3n) is 10.9. The maximum absolute atomic E-state index is 13.9. The lowest BCUT2D eigenvalue weighted by Crippen LogP contribution is -2.54. The summed E-state index contributed by atoms with van der Waals surface area (Å²) in [4.78, 5) is 62.9. The largest absolute Gasteiger partial charge is 0.453 e. The molecular formula is C43H46N8O6. The first-order chi connectivity index (χ1) is 27.6. The Hall–Kier alpha value is -6.75. The fourth-order valence-corrected chi connectivity index (χ4v) is 7.96. The number of carbonyl (C=O) groups is 4. The molecule has 0 spiro atoms. The lowest BCUT2D eigenvalue weighted by molar-refractivity contribution is -0.139. The van der Waals surface area contributed by atoms with Crippen LogP contribution < -0.4 is 21.7 Å². The zero-order valence-electron chi connectivity index (χ0n) is 31.9. The Bertz CT molecular complexity index is 2210. The first-order valence-corrected chi connectivity index (χ1v) is 19.0. The van der Waals surface area contributed by atoms with Crippen molar-refractivity contribution in [3.8, 4) is 23.1 Å². The fourth-order valence-electron chi connectivity index (χ4n) is 7.96. The zero-order valence-corrected chi connectivity index (χ0v) is 31.9. The van der Waals surface area contributed by atoms with Crippen molar-refractivity contribution in [2.75, 3.05) is 31.8 Å². The Kier molecular flexibility index (Phi) is 11.5. The highest BCUT2D eigenvalue weighted by molar-refractivity contribution is 5.88. The highest BCUT2D eigenvalue weighted by Gasteiger charge is 2.45. The molecule has 294 valence electrons. The Morgan fingerprint density at radius 1 is 0.930 bits per heavy atom. The van der Waals surface area contributed by atoms with Crippen LogP contribution >= 0.6 is 0 Å². The van der Waals surface area contributed by atoms with Crippen LogP contribution in [0.15, 0.2) is 91.3 Å². The SMILES string of the molecule is C=C(Nc1cc(C#Cc2ccc(-c3cnc([C@@H]4CC[C@@H]5CC[C@H](NC(=O)OC)C(=O)N54)[nH]3)cc2)ccc1N)C1CCCN1C(=O)[C@H](NC(=O)OC)c1ccccc1. The van der Waals surface area contributed by atoms with Gasteiger partial charge in [0, 0.05) is 29.4 Å². The quantitative estimate of drug-likeness (QED) is 0.106. The van der Waals surface area contributed by atoms with Crippen LogP contribution in [0.4, 0.5) is 21.0 Å². The number of rotatable bonds is 9. The van der Waals surface area contributed by atoms with Gasteiger partial charge in [-0.25, -0.2) is 14.6 Å². The summed E-state index contributed by atoms with van der Waals surface area (Å²) in [5.41, 5.74) is 12.1. The molecule has 0 bridgehead atoms. The van der Waals surface area contributed by atoms with Crippen LogP contribution in [0.1, 0.15) is 73.1 Å². The molecule has 14 nitrogen and oxygen atoms in total. The number of benzene rings is 3. The fraction of sp³-hybridized carbons (Fsp3) is 0.326. The molecule has 3 aromatic carbocycles. The topological polar surface area (TPSA) is 184 Å². The van der Waals surface area contributed by atoms with Gasteiger partial charge in [0.2, 0.25) is 11.8 Å². The lowest BCUT2D eigenvalue weighted by atomic mass is 9.98. The molecule has 1 unspecified atom stereocenters. The minimum atomic E-state index is -0.916. The summed E-state index contributed by atoms with van der Waals surface area (Å²) in [6, 6.07) is 20.5. The molecule has 57 heavy (non-hydrogen) atoms. The average Bonchev–Trinajstić information content (AvgIpc) is 4.02. The van der Waals surface area contributed by atoms with Crippen LogP contribution in [0, 0.1) is 11.8 Å². The van der Waals surface area contributed by atoms with E-state index in [1.54, 1.807) is 29.3 Å². The number of carbonyl (C=O) groups excluding carboxylic acids is 4. The van der Waals surface area contributed by atoms with E-state index in [0.717, 1.165) is 53.9 Å². The van der Waals surface area contributed by atoms with Crippen molar-refractivity contribution in [1.82, 2.24) is 30.4 Å². The van der Waals surface area contributed by atoms with Gasteiger partial charge >= 0.3 is 12.2 Å². The van der Waals surface area contributed by atoms with Gasteiger partial charge in [-0.05, 0) is 80.0 Å². The van der Waals surface area contributed by atoms with E-state index in [1.807, 2.05) is 59.5 Å². The van der Waals surface area contributed by atoms with Gasteiger partial charge in [0.25, 0.3) is 0 Å². The number of amides is 4. The Morgan fingerprint density at radius 2 is 1.65 bits per heavy atom. The summed E-state index contributed by atoms with van der Waals surface area (Å²) in [5, 5.41) is 8.69. The third-order valence-corrected chi connectivity index (χ3v) is 10.9. The second kappa shape index (κ2) is 16.9. The number of H-pyrrole nitrogens is 1. The van der Waals surface area contributed by atoms with E-state index in [-0.39, 0.29) is 29.9 Å². The van der Waals surface area contributed by atoms with Crippen LogP contribution in [0.3, 0.4) is 0 Å². The number of fused-ring (bicyclic) bond motifs is 1. The number of methoxy groups -OCH3 is 2. The second-order valence-electron chi connectivity index (χ2n) is 14.4. The number of nitrogens with one attached hydrogen (secondary N) is 4. The normalized spacial score (nSPS) is 20.4. The molecule has 5 atom stereocenters. The maximum Gasteiger partial charge on any atom is 0.407 e. The van der Waals surface area contributed by atoms with Crippen molar-refractivity contribution in [1.29, 1.82) is 0 Å². The summed E-state index contributed by atoms with van der Waals surface area (Å²) < 4.78 is 9.53. The van der Waals surface area contributed by atoms with Gasteiger partial charge in [-0.1, -0.05) is 60.9 Å². The van der Waals surface area contributed by atoms with Crippen molar-refractivity contribution in [3.05, 3.63) is 114 Å². The molecule has 3 saturated heterocycles. The molecule has 4 heterocycles. The average molecular weight is 771 g/mol. The molecule has 14 heteroatoms. The van der Waals surface area contributed by atoms with Crippen molar-refractivity contribution < 1.29 is 28.7 Å². The van der Waals surface area contributed by atoms with Crippen LogP contribution in [0.25, 0.3) is 11.3 Å². The van der Waals surface area contributed by atoms with Gasteiger partial charge in [-0.2, -0.15) is 0 Å². The number of hydrogen-bond acceptors (Lipinski definition) is 9. The van der Waals surface area contributed by atoms with Crippen LogP contribution in [0.2, 0.25) is 0 Å². The van der Waals surface area contributed by atoms with E-state index in [0.29, 0.717) is 42.0 Å². The predicted octanol–water partition coefficient (Wildman–Crippen LogP) is 5.62. The number of ether oxygens (including phenoxy) is 2. The van der Waals surface area contributed by atoms with Gasteiger partial charge in [0.15, 0.2) is 0 Å². The number of aromatic nitrogens is 2. The van der Waals surface area contributed by atoms with Gasteiger partial charge in [0.05, 0.1) is 49.6 Å². The smallest absolute Gasteiger partial charge is 0.407 e. The highest BCUT2D eigenvalue weighted by atomic mass is 16.5. The van der Waals surface area contributed by atoms with E-state index in [4.69, 9.17) is 15.2 Å². The summed E-state index contributed by atoms with van der Waals surface area (Å²) >= 11 is 0. The van der Waals surface area contributed by atoms with Crippen molar-refractivity contribution in [2.24, 2.45) is 0 Å². The Labute approximate surface area is 331 Å². The molecule has 4 aromatic rings. The zero-order chi connectivity index (χ0) is 40.1.